The second-order valence-electron chi connectivity index (χ2n) is 6.64. The minimum absolute atomic E-state index is 0.0396. The van der Waals surface area contributed by atoms with Gasteiger partial charge < -0.3 is 15.4 Å². The molecule has 0 saturated heterocycles. The summed E-state index contributed by atoms with van der Waals surface area (Å²) in [5, 5.41) is 6.04. The van der Waals surface area contributed by atoms with Crippen molar-refractivity contribution in [3.05, 3.63) is 101 Å². The number of hydrogen-bond donors (Lipinski definition) is 2. The Hall–Kier alpha value is -3.60. The summed E-state index contributed by atoms with van der Waals surface area (Å²) in [4.78, 5) is 25.0. The quantitative estimate of drug-likeness (QED) is 0.846. The first-order chi connectivity index (χ1) is 13.7. The second-order valence-corrected chi connectivity index (χ2v) is 6.64. The Morgan fingerprint density at radius 2 is 1.75 bits per heavy atom. The highest BCUT2D eigenvalue weighted by atomic mass is 16.5. The van der Waals surface area contributed by atoms with Crippen molar-refractivity contribution >= 4 is 11.7 Å². The first kappa shape index (κ1) is 17.8. The van der Waals surface area contributed by atoms with E-state index in [2.05, 4.69) is 10.6 Å². The van der Waals surface area contributed by atoms with Crippen LogP contribution in [0.4, 0.5) is 0 Å². The third-order valence-electron chi connectivity index (χ3n) is 4.68. The zero-order valence-electron chi connectivity index (χ0n) is 15.2. The highest BCUT2D eigenvalue weighted by Crippen LogP contribution is 2.31. The van der Waals surface area contributed by atoms with Gasteiger partial charge in [-0.05, 0) is 35.4 Å². The summed E-state index contributed by atoms with van der Waals surface area (Å²) in [7, 11) is 0. The number of ketones is 1. The molecule has 1 heterocycles. The largest absolute Gasteiger partial charge is 0.484 e. The zero-order valence-corrected chi connectivity index (χ0v) is 15.2. The maximum absolute atomic E-state index is 12.8. The van der Waals surface area contributed by atoms with Crippen LogP contribution in [0.15, 0.2) is 95.9 Å². The number of hydrogen-bond acceptors (Lipinski definition) is 4. The zero-order chi connectivity index (χ0) is 19.3. The van der Waals surface area contributed by atoms with Crippen molar-refractivity contribution in [3.8, 4) is 5.75 Å². The Balaban J connectivity index is 1.40. The number of rotatable bonds is 5. The first-order valence-corrected chi connectivity index (χ1v) is 9.14. The van der Waals surface area contributed by atoms with Gasteiger partial charge in [-0.2, -0.15) is 0 Å². The fourth-order valence-electron chi connectivity index (χ4n) is 3.29. The number of fused-ring (bicyclic) bond motifs is 1. The molecule has 28 heavy (non-hydrogen) atoms. The molecule has 1 aliphatic heterocycles. The van der Waals surface area contributed by atoms with Crippen LogP contribution in [-0.2, 0) is 9.59 Å². The lowest BCUT2D eigenvalue weighted by atomic mass is 9.86. The Morgan fingerprint density at radius 3 is 2.50 bits per heavy atom. The van der Waals surface area contributed by atoms with Gasteiger partial charge in [0.05, 0.1) is 0 Å². The van der Waals surface area contributed by atoms with Gasteiger partial charge in [-0.25, -0.2) is 0 Å². The molecule has 0 spiro atoms. The number of allylic oxidation sites excluding steroid dienone is 3. The van der Waals surface area contributed by atoms with Crippen LogP contribution in [0.1, 0.15) is 18.0 Å². The maximum atomic E-state index is 12.8. The highest BCUT2D eigenvalue weighted by Gasteiger charge is 2.30. The molecule has 1 unspecified atom stereocenters. The molecule has 2 N–H and O–H groups in total. The minimum atomic E-state index is -0.375. The van der Waals surface area contributed by atoms with Crippen molar-refractivity contribution in [2.45, 2.75) is 12.5 Å². The van der Waals surface area contributed by atoms with E-state index in [4.69, 9.17) is 4.74 Å². The lowest BCUT2D eigenvalue weighted by Crippen LogP contribution is -2.34. The van der Waals surface area contributed by atoms with E-state index in [0.717, 1.165) is 16.8 Å². The van der Waals surface area contributed by atoms with Crippen molar-refractivity contribution in [2.75, 3.05) is 6.61 Å². The number of carbonyl (C=O) groups excluding carboxylic acids is 2. The molecule has 1 atom stereocenters. The molecule has 0 radical (unpaired) electrons. The van der Waals surface area contributed by atoms with E-state index < -0.39 is 0 Å². The molecule has 4 rings (SSSR count). The van der Waals surface area contributed by atoms with Gasteiger partial charge in [-0.1, -0.05) is 48.5 Å². The van der Waals surface area contributed by atoms with Crippen LogP contribution in [0.2, 0.25) is 0 Å². The van der Waals surface area contributed by atoms with E-state index in [-0.39, 0.29) is 24.3 Å². The molecular formula is C23H20N2O3. The topological polar surface area (TPSA) is 67.4 Å². The summed E-state index contributed by atoms with van der Waals surface area (Å²) in [5.74, 6) is 0.455. The predicted octanol–water partition coefficient (Wildman–Crippen LogP) is 3.19. The van der Waals surface area contributed by atoms with Gasteiger partial charge in [0.2, 0.25) is 0 Å². The van der Waals surface area contributed by atoms with E-state index in [1.165, 1.54) is 0 Å². The van der Waals surface area contributed by atoms with Crippen LogP contribution in [0.5, 0.6) is 5.75 Å². The van der Waals surface area contributed by atoms with Crippen molar-refractivity contribution in [1.29, 1.82) is 0 Å². The standard InChI is InChI=1S/C23H20N2O3/c26-21(15-28-19-9-5-2-6-10-19)25-18-11-12-20-17(13-18)14-24-22(23(20)27)16-7-3-1-4-8-16/h1-12,14,22,24H,13,15H2,(H,25,26). The smallest absolute Gasteiger partial charge is 0.262 e. The third-order valence-corrected chi connectivity index (χ3v) is 4.68. The number of benzene rings is 2. The number of amides is 1. The summed E-state index contributed by atoms with van der Waals surface area (Å²) >= 11 is 0. The van der Waals surface area contributed by atoms with Gasteiger partial charge in [0.1, 0.15) is 11.8 Å². The predicted molar refractivity (Wildman–Crippen MR) is 106 cm³/mol. The Morgan fingerprint density at radius 1 is 1.04 bits per heavy atom. The van der Waals surface area contributed by atoms with Crippen molar-refractivity contribution < 1.29 is 14.3 Å². The molecule has 0 bridgehead atoms. The molecule has 2 aromatic carbocycles. The van der Waals surface area contributed by atoms with E-state index in [1.54, 1.807) is 24.3 Å². The molecule has 0 saturated carbocycles. The molecule has 1 amide bonds. The van der Waals surface area contributed by atoms with Gasteiger partial charge in [0.15, 0.2) is 12.4 Å². The number of carbonyl (C=O) groups is 2. The summed E-state index contributed by atoms with van der Waals surface area (Å²) < 4.78 is 5.46. The fourth-order valence-corrected chi connectivity index (χ4v) is 3.29. The molecule has 2 aromatic rings. The van der Waals surface area contributed by atoms with Crippen LogP contribution in [0, 0.1) is 0 Å². The van der Waals surface area contributed by atoms with Crippen molar-refractivity contribution in [2.24, 2.45) is 0 Å². The molecule has 0 aromatic heterocycles. The summed E-state index contributed by atoms with van der Waals surface area (Å²) in [6.45, 7) is -0.0652. The average molecular weight is 372 g/mol. The minimum Gasteiger partial charge on any atom is -0.484 e. The van der Waals surface area contributed by atoms with Gasteiger partial charge in [0, 0.05) is 23.9 Å². The summed E-state index contributed by atoms with van der Waals surface area (Å²) in [5.41, 5.74) is 3.24. The molecule has 0 fully saturated rings. The van der Waals surface area contributed by atoms with Gasteiger partial charge in [-0.3, -0.25) is 9.59 Å². The van der Waals surface area contributed by atoms with Crippen molar-refractivity contribution in [1.82, 2.24) is 10.6 Å². The van der Waals surface area contributed by atoms with Crippen LogP contribution in [-0.4, -0.2) is 18.3 Å². The van der Waals surface area contributed by atoms with E-state index in [9.17, 15) is 9.59 Å². The lowest BCUT2D eigenvalue weighted by Gasteiger charge is -2.28. The lowest BCUT2D eigenvalue weighted by molar-refractivity contribution is -0.122. The maximum Gasteiger partial charge on any atom is 0.262 e. The third kappa shape index (κ3) is 3.88. The monoisotopic (exact) mass is 372 g/mol. The number of para-hydroxylation sites is 1. The molecule has 1 aliphatic carbocycles. The molecule has 140 valence electrons. The van der Waals surface area contributed by atoms with E-state index in [0.29, 0.717) is 17.7 Å². The van der Waals surface area contributed by atoms with Crippen LogP contribution >= 0.6 is 0 Å². The Labute approximate surface area is 163 Å². The normalized spacial score (nSPS) is 18.1. The van der Waals surface area contributed by atoms with Crippen LogP contribution < -0.4 is 15.4 Å². The Kier molecular flexibility index (Phi) is 5.06. The van der Waals surface area contributed by atoms with E-state index in [1.807, 2.05) is 54.7 Å². The molecule has 5 heteroatoms. The number of ether oxygens (including phenoxy) is 1. The second kappa shape index (κ2) is 7.96. The summed E-state index contributed by atoms with van der Waals surface area (Å²) in [6, 6.07) is 18.5. The molecule has 5 nitrogen and oxygen atoms in total. The highest BCUT2D eigenvalue weighted by molar-refractivity contribution is 6.05. The van der Waals surface area contributed by atoms with Gasteiger partial charge in [-0.15, -0.1) is 0 Å². The summed E-state index contributed by atoms with van der Waals surface area (Å²) in [6.07, 6.45) is 5.92. The molecule has 2 aliphatic rings. The van der Waals surface area contributed by atoms with E-state index >= 15 is 0 Å². The Bertz CT molecular complexity index is 975. The molecular weight excluding hydrogens is 352 g/mol. The van der Waals surface area contributed by atoms with Gasteiger partial charge >= 0.3 is 0 Å². The number of nitrogens with one attached hydrogen (secondary N) is 2. The van der Waals surface area contributed by atoms with Gasteiger partial charge in [0.25, 0.3) is 5.91 Å². The SMILES string of the molecule is O=C(COc1ccccc1)NC1=CC=C2C(=O)C(c3ccccc3)NC=C2C1. The van der Waals surface area contributed by atoms with Crippen molar-refractivity contribution in [3.63, 3.8) is 0 Å². The first-order valence-electron chi connectivity index (χ1n) is 9.14. The number of Topliss-reactive ketones (excluding diaryl/α,β-unsaturated/α-hetero) is 1. The van der Waals surface area contributed by atoms with Crippen LogP contribution in [0.25, 0.3) is 0 Å². The average Bonchev–Trinajstić information content (AvgIpc) is 2.74. The van der Waals surface area contributed by atoms with Crippen LogP contribution in [0.3, 0.4) is 0 Å². The fraction of sp³-hybridized carbons (Fsp3) is 0.130.